The van der Waals surface area contributed by atoms with E-state index in [1.807, 2.05) is 0 Å². The predicted molar refractivity (Wildman–Crippen MR) is 118 cm³/mol. The van der Waals surface area contributed by atoms with Gasteiger partial charge in [0, 0.05) is 25.1 Å². The fourth-order valence-electron chi connectivity index (χ4n) is 3.64. The molecule has 0 fully saturated rings. The van der Waals surface area contributed by atoms with Crippen molar-refractivity contribution in [2.45, 2.75) is 32.9 Å². The molecular formula is C23H25F2N3O5. The number of amides is 3. The number of nitrogens with zero attached hydrogens (tertiary/aromatic N) is 2. The molecule has 1 N–H and O–H groups in total. The quantitative estimate of drug-likeness (QED) is 0.682. The molecule has 3 amide bonds. The summed E-state index contributed by atoms with van der Waals surface area (Å²) in [6.07, 6.45) is 0.112. The van der Waals surface area contributed by atoms with E-state index in [9.17, 15) is 23.2 Å². The van der Waals surface area contributed by atoms with E-state index >= 15 is 0 Å². The topological polar surface area (TPSA) is 88.2 Å². The Balaban J connectivity index is 1.80. The summed E-state index contributed by atoms with van der Waals surface area (Å²) >= 11 is 0. The van der Waals surface area contributed by atoms with Crippen LogP contribution in [0.3, 0.4) is 0 Å². The van der Waals surface area contributed by atoms with Crippen molar-refractivity contribution in [2.24, 2.45) is 0 Å². The van der Waals surface area contributed by atoms with E-state index in [1.165, 1.54) is 35.0 Å². The Hall–Kier alpha value is -3.69. The fraction of sp³-hybridized carbons (Fsp3) is 0.348. The molecule has 10 heteroatoms. The van der Waals surface area contributed by atoms with Crippen LogP contribution in [0.25, 0.3) is 0 Å². The summed E-state index contributed by atoms with van der Waals surface area (Å²) in [4.78, 5) is 41.0. The monoisotopic (exact) mass is 461 g/mol. The second kappa shape index (κ2) is 10.3. The molecule has 1 atom stereocenters. The summed E-state index contributed by atoms with van der Waals surface area (Å²) in [5.74, 6) is -1.26. The van der Waals surface area contributed by atoms with Crippen LogP contribution in [0.2, 0.25) is 0 Å². The van der Waals surface area contributed by atoms with Crippen molar-refractivity contribution in [3.05, 3.63) is 48.0 Å². The average molecular weight is 461 g/mol. The molecule has 2 aromatic rings. The average Bonchev–Trinajstić information content (AvgIpc) is 2.88. The first-order valence-electron chi connectivity index (χ1n) is 10.4. The maximum absolute atomic E-state index is 13.2. The molecular weight excluding hydrogens is 436 g/mol. The van der Waals surface area contributed by atoms with Gasteiger partial charge in [0.2, 0.25) is 11.8 Å². The lowest BCUT2D eigenvalue weighted by Gasteiger charge is -2.29. The minimum atomic E-state index is -3.04. The van der Waals surface area contributed by atoms with E-state index in [-0.39, 0.29) is 48.4 Å². The first kappa shape index (κ1) is 24.0. The van der Waals surface area contributed by atoms with E-state index in [0.29, 0.717) is 11.4 Å². The van der Waals surface area contributed by atoms with Crippen molar-refractivity contribution < 1.29 is 32.6 Å². The molecule has 176 valence electrons. The summed E-state index contributed by atoms with van der Waals surface area (Å²) in [7, 11) is 1.46. The van der Waals surface area contributed by atoms with E-state index in [2.05, 4.69) is 10.1 Å². The second-order valence-electron chi connectivity index (χ2n) is 7.52. The van der Waals surface area contributed by atoms with Crippen molar-refractivity contribution >= 4 is 29.1 Å². The summed E-state index contributed by atoms with van der Waals surface area (Å²) in [6.45, 7) is 0.323. The normalized spacial score (nSPS) is 15.4. The molecule has 0 bridgehead atoms. The number of benzene rings is 2. The zero-order chi connectivity index (χ0) is 24.1. The minimum absolute atomic E-state index is 0.00281. The number of halogens is 2. The molecule has 0 spiro atoms. The largest absolute Gasteiger partial charge is 0.490 e. The first-order valence-corrected chi connectivity index (χ1v) is 10.4. The number of carbonyl (C=O) groups is 3. The van der Waals surface area contributed by atoms with Gasteiger partial charge >= 0.3 is 6.61 Å². The molecule has 0 saturated carbocycles. The van der Waals surface area contributed by atoms with Crippen LogP contribution in [0.15, 0.2) is 42.5 Å². The van der Waals surface area contributed by atoms with E-state index < -0.39 is 18.6 Å². The minimum Gasteiger partial charge on any atom is -0.490 e. The van der Waals surface area contributed by atoms with Gasteiger partial charge in [-0.15, -0.1) is 0 Å². The zero-order valence-corrected chi connectivity index (χ0v) is 18.5. The molecule has 2 aromatic carbocycles. The maximum Gasteiger partial charge on any atom is 0.387 e. The highest BCUT2D eigenvalue weighted by Gasteiger charge is 2.31. The molecule has 0 aliphatic carbocycles. The Morgan fingerprint density at radius 3 is 2.64 bits per heavy atom. The van der Waals surface area contributed by atoms with Crippen molar-refractivity contribution in [3.63, 3.8) is 0 Å². The number of para-hydroxylation sites is 2. The van der Waals surface area contributed by atoms with Crippen molar-refractivity contribution in [3.8, 4) is 11.5 Å². The molecule has 0 saturated heterocycles. The number of carbonyl (C=O) groups excluding carboxylic acids is 3. The second-order valence-corrected chi connectivity index (χ2v) is 7.52. The number of likely N-dealkylation sites (N-methyl/N-ethyl adjacent to an activating group) is 1. The SMILES string of the molecule is CCOc1cc(C(=O)N(C)CC(=O)N2c3ccccc3NC(=O)C[C@@H]2C)ccc1OC(F)F. The van der Waals surface area contributed by atoms with Crippen molar-refractivity contribution in [1.82, 2.24) is 4.90 Å². The Bertz CT molecular complexity index is 1050. The summed E-state index contributed by atoms with van der Waals surface area (Å²) < 4.78 is 35.0. The summed E-state index contributed by atoms with van der Waals surface area (Å²) in [5, 5.41) is 2.78. The van der Waals surface area contributed by atoms with Crippen LogP contribution in [0, 0.1) is 0 Å². The molecule has 1 aliphatic heterocycles. The van der Waals surface area contributed by atoms with Gasteiger partial charge in [-0.1, -0.05) is 12.1 Å². The summed E-state index contributed by atoms with van der Waals surface area (Å²) in [5.41, 5.74) is 1.22. The number of hydrogen-bond acceptors (Lipinski definition) is 5. The van der Waals surface area contributed by atoms with Crippen molar-refractivity contribution in [1.29, 1.82) is 0 Å². The Kier molecular flexibility index (Phi) is 7.47. The number of hydrogen-bond donors (Lipinski definition) is 1. The van der Waals surface area contributed by atoms with Gasteiger partial charge in [-0.3, -0.25) is 14.4 Å². The molecule has 0 aromatic heterocycles. The van der Waals surface area contributed by atoms with Crippen LogP contribution in [0.1, 0.15) is 30.6 Å². The van der Waals surface area contributed by atoms with Gasteiger partial charge in [-0.2, -0.15) is 8.78 Å². The standard InChI is InChI=1S/C23H25F2N3O5/c1-4-32-19-12-15(9-10-18(19)33-23(24)25)22(31)27(3)13-21(30)28-14(2)11-20(29)26-16-7-5-6-8-17(16)28/h5-10,12,14,23H,4,11,13H2,1-3H3,(H,26,29)/t14-/m0/s1. The number of fused-ring (bicyclic) bond motifs is 1. The Labute approximate surface area is 190 Å². The highest BCUT2D eigenvalue weighted by atomic mass is 19.3. The lowest BCUT2D eigenvalue weighted by Crippen LogP contribution is -2.45. The van der Waals surface area contributed by atoms with Gasteiger partial charge in [-0.05, 0) is 44.2 Å². The highest BCUT2D eigenvalue weighted by Crippen LogP contribution is 2.32. The predicted octanol–water partition coefficient (Wildman–Crippen LogP) is 3.52. The number of rotatable bonds is 7. The van der Waals surface area contributed by atoms with Crippen LogP contribution in [-0.2, 0) is 9.59 Å². The summed E-state index contributed by atoms with van der Waals surface area (Å²) in [6, 6.07) is 10.4. The third-order valence-corrected chi connectivity index (χ3v) is 5.05. The Morgan fingerprint density at radius 2 is 1.94 bits per heavy atom. The molecule has 0 unspecified atom stereocenters. The third kappa shape index (κ3) is 5.57. The van der Waals surface area contributed by atoms with Gasteiger partial charge in [0.1, 0.15) is 6.54 Å². The Morgan fingerprint density at radius 1 is 1.21 bits per heavy atom. The van der Waals surface area contributed by atoms with Crippen LogP contribution in [-0.4, -0.2) is 55.5 Å². The van der Waals surface area contributed by atoms with E-state index in [4.69, 9.17) is 4.74 Å². The molecule has 1 aliphatic rings. The fourth-order valence-corrected chi connectivity index (χ4v) is 3.64. The van der Waals surface area contributed by atoms with Crippen molar-refractivity contribution in [2.75, 3.05) is 30.4 Å². The van der Waals surface area contributed by atoms with Crippen LogP contribution >= 0.6 is 0 Å². The molecule has 3 rings (SSSR count). The lowest BCUT2D eigenvalue weighted by atomic mass is 10.1. The number of ether oxygens (including phenoxy) is 2. The van der Waals surface area contributed by atoms with Gasteiger partial charge in [0.05, 0.1) is 18.0 Å². The third-order valence-electron chi connectivity index (χ3n) is 5.05. The number of anilines is 2. The molecule has 1 heterocycles. The molecule has 33 heavy (non-hydrogen) atoms. The number of alkyl halides is 2. The highest BCUT2D eigenvalue weighted by molar-refractivity contribution is 6.06. The molecule has 0 radical (unpaired) electrons. The van der Waals surface area contributed by atoms with E-state index in [1.54, 1.807) is 38.1 Å². The smallest absolute Gasteiger partial charge is 0.387 e. The lowest BCUT2D eigenvalue weighted by molar-refractivity contribution is -0.119. The van der Waals surface area contributed by atoms with Crippen LogP contribution in [0.5, 0.6) is 11.5 Å². The number of nitrogens with one attached hydrogen (secondary N) is 1. The van der Waals surface area contributed by atoms with Crippen LogP contribution in [0.4, 0.5) is 20.2 Å². The van der Waals surface area contributed by atoms with Gasteiger partial charge in [0.25, 0.3) is 5.91 Å². The van der Waals surface area contributed by atoms with Gasteiger partial charge < -0.3 is 24.6 Å². The van der Waals surface area contributed by atoms with Gasteiger partial charge in [-0.25, -0.2) is 0 Å². The van der Waals surface area contributed by atoms with E-state index in [0.717, 1.165) is 0 Å². The van der Waals surface area contributed by atoms with Crippen LogP contribution < -0.4 is 19.7 Å². The first-order chi connectivity index (χ1) is 15.7. The maximum atomic E-state index is 13.2. The van der Waals surface area contributed by atoms with Gasteiger partial charge in [0.15, 0.2) is 11.5 Å². The molecule has 8 nitrogen and oxygen atoms in total. The zero-order valence-electron chi connectivity index (χ0n) is 18.5.